The summed E-state index contributed by atoms with van der Waals surface area (Å²) in [6.45, 7) is 0. The minimum absolute atomic E-state index is 0.375. The van der Waals surface area contributed by atoms with Crippen LogP contribution in [-0.4, -0.2) is 9.55 Å². The standard InChI is InChI=1S/C7H5IN2O2/c1-10-6-5(12-7(10)11)2-4(8)3-9-6/h2-3H,1H3. The summed E-state index contributed by atoms with van der Waals surface area (Å²) in [5.74, 6) is -0.375. The average molecular weight is 276 g/mol. The fraction of sp³-hybridized carbons (Fsp3) is 0.143. The van der Waals surface area contributed by atoms with Gasteiger partial charge in [0.25, 0.3) is 0 Å². The number of hydrogen-bond donors (Lipinski definition) is 0. The number of pyridine rings is 1. The van der Waals surface area contributed by atoms with Crippen molar-refractivity contribution >= 4 is 33.8 Å². The molecule has 0 spiro atoms. The van der Waals surface area contributed by atoms with E-state index in [1.54, 1.807) is 19.3 Å². The molecule has 0 saturated carbocycles. The summed E-state index contributed by atoms with van der Waals surface area (Å²) < 4.78 is 7.25. The van der Waals surface area contributed by atoms with E-state index in [1.807, 2.05) is 0 Å². The van der Waals surface area contributed by atoms with Gasteiger partial charge >= 0.3 is 5.76 Å². The highest BCUT2D eigenvalue weighted by Crippen LogP contribution is 2.11. The number of oxazole rings is 1. The number of nitrogens with zero attached hydrogens (tertiary/aromatic N) is 2. The molecule has 5 heteroatoms. The third-order valence-electron chi connectivity index (χ3n) is 1.59. The van der Waals surface area contributed by atoms with Crippen molar-refractivity contribution in [1.82, 2.24) is 9.55 Å². The van der Waals surface area contributed by atoms with Gasteiger partial charge in [-0.25, -0.2) is 9.78 Å². The van der Waals surface area contributed by atoms with Crippen molar-refractivity contribution < 1.29 is 4.42 Å². The highest BCUT2D eigenvalue weighted by Gasteiger charge is 2.05. The van der Waals surface area contributed by atoms with Gasteiger partial charge in [0, 0.05) is 16.8 Å². The van der Waals surface area contributed by atoms with Crippen LogP contribution in [0.2, 0.25) is 0 Å². The van der Waals surface area contributed by atoms with E-state index in [1.165, 1.54) is 4.57 Å². The predicted octanol–water partition coefficient (Wildman–Crippen LogP) is 1.13. The molecule has 12 heavy (non-hydrogen) atoms. The van der Waals surface area contributed by atoms with Crippen molar-refractivity contribution in [2.75, 3.05) is 0 Å². The molecular weight excluding hydrogens is 271 g/mol. The van der Waals surface area contributed by atoms with E-state index in [0.717, 1.165) is 3.57 Å². The van der Waals surface area contributed by atoms with E-state index in [9.17, 15) is 4.79 Å². The lowest BCUT2D eigenvalue weighted by atomic mass is 10.5. The third-order valence-corrected chi connectivity index (χ3v) is 2.18. The Labute approximate surface area is 81.3 Å². The van der Waals surface area contributed by atoms with Gasteiger partial charge in [-0.05, 0) is 28.7 Å². The molecule has 0 aromatic carbocycles. The van der Waals surface area contributed by atoms with Gasteiger partial charge in [0.2, 0.25) is 0 Å². The first-order valence-corrected chi connectivity index (χ1v) is 4.37. The molecule has 0 aliphatic heterocycles. The lowest BCUT2D eigenvalue weighted by Crippen LogP contribution is -2.08. The Morgan fingerprint density at radius 1 is 1.67 bits per heavy atom. The first-order chi connectivity index (χ1) is 5.68. The Balaban J connectivity index is 2.96. The molecule has 0 aliphatic carbocycles. The lowest BCUT2D eigenvalue weighted by Gasteiger charge is -1.89. The second kappa shape index (κ2) is 2.58. The number of halogens is 1. The van der Waals surface area contributed by atoms with Gasteiger partial charge in [0.1, 0.15) is 0 Å². The molecule has 2 aromatic rings. The summed E-state index contributed by atoms with van der Waals surface area (Å²) in [6, 6.07) is 1.78. The summed E-state index contributed by atoms with van der Waals surface area (Å²) in [6.07, 6.45) is 1.69. The number of aromatic nitrogens is 2. The molecule has 0 amide bonds. The molecule has 62 valence electrons. The highest BCUT2D eigenvalue weighted by atomic mass is 127. The van der Waals surface area contributed by atoms with Crippen LogP contribution >= 0.6 is 22.6 Å². The topological polar surface area (TPSA) is 48.0 Å². The molecular formula is C7H5IN2O2. The molecule has 0 aliphatic rings. The maximum atomic E-state index is 11.0. The van der Waals surface area contributed by atoms with Crippen LogP contribution in [0, 0.1) is 3.57 Å². The lowest BCUT2D eigenvalue weighted by molar-refractivity contribution is 0.528. The van der Waals surface area contributed by atoms with Crippen LogP contribution in [0.15, 0.2) is 21.5 Å². The van der Waals surface area contributed by atoms with Crippen molar-refractivity contribution in [3.63, 3.8) is 0 Å². The van der Waals surface area contributed by atoms with Crippen LogP contribution in [-0.2, 0) is 7.05 Å². The summed E-state index contributed by atoms with van der Waals surface area (Å²) in [4.78, 5) is 15.1. The maximum absolute atomic E-state index is 11.0. The van der Waals surface area contributed by atoms with Crippen LogP contribution in [0.25, 0.3) is 11.2 Å². The van der Waals surface area contributed by atoms with Gasteiger partial charge in [-0.3, -0.25) is 4.57 Å². The van der Waals surface area contributed by atoms with Gasteiger partial charge in [-0.15, -0.1) is 0 Å². The van der Waals surface area contributed by atoms with Crippen LogP contribution in [0.4, 0.5) is 0 Å². The molecule has 0 atom stereocenters. The molecule has 0 saturated heterocycles. The van der Waals surface area contributed by atoms with Gasteiger partial charge < -0.3 is 4.42 Å². The Morgan fingerprint density at radius 3 is 3.17 bits per heavy atom. The average Bonchev–Trinajstić information content (AvgIpc) is 2.28. The summed E-state index contributed by atoms with van der Waals surface area (Å²) in [5.41, 5.74) is 1.12. The summed E-state index contributed by atoms with van der Waals surface area (Å²) in [7, 11) is 1.63. The molecule has 2 heterocycles. The summed E-state index contributed by atoms with van der Waals surface area (Å²) in [5, 5.41) is 0. The van der Waals surface area contributed by atoms with E-state index in [2.05, 4.69) is 27.6 Å². The minimum atomic E-state index is -0.375. The van der Waals surface area contributed by atoms with Crippen LogP contribution < -0.4 is 5.76 Å². The number of hydrogen-bond acceptors (Lipinski definition) is 3. The SMILES string of the molecule is Cn1c(=O)oc2cc(I)cnc21. The molecule has 0 N–H and O–H groups in total. The van der Waals surface area contributed by atoms with E-state index in [0.29, 0.717) is 11.2 Å². The van der Waals surface area contributed by atoms with E-state index in [-0.39, 0.29) is 5.76 Å². The molecule has 0 radical (unpaired) electrons. The zero-order valence-corrected chi connectivity index (χ0v) is 8.40. The van der Waals surface area contributed by atoms with Crippen molar-refractivity contribution in [1.29, 1.82) is 0 Å². The maximum Gasteiger partial charge on any atom is 0.420 e. The summed E-state index contributed by atoms with van der Waals surface area (Å²) >= 11 is 2.12. The minimum Gasteiger partial charge on any atom is -0.406 e. The normalized spacial score (nSPS) is 10.8. The second-order valence-corrected chi connectivity index (χ2v) is 3.65. The van der Waals surface area contributed by atoms with Crippen molar-refractivity contribution in [2.24, 2.45) is 7.05 Å². The molecule has 2 aromatic heterocycles. The Morgan fingerprint density at radius 2 is 2.42 bits per heavy atom. The van der Waals surface area contributed by atoms with Crippen LogP contribution in [0.5, 0.6) is 0 Å². The smallest absolute Gasteiger partial charge is 0.406 e. The first kappa shape index (κ1) is 7.78. The number of rotatable bonds is 0. The molecule has 2 rings (SSSR count). The van der Waals surface area contributed by atoms with Crippen LogP contribution in [0.3, 0.4) is 0 Å². The first-order valence-electron chi connectivity index (χ1n) is 3.29. The van der Waals surface area contributed by atoms with Crippen molar-refractivity contribution in [3.05, 3.63) is 26.4 Å². The van der Waals surface area contributed by atoms with Gasteiger partial charge in [0.05, 0.1) is 0 Å². The van der Waals surface area contributed by atoms with Crippen molar-refractivity contribution in [2.45, 2.75) is 0 Å². The van der Waals surface area contributed by atoms with Crippen molar-refractivity contribution in [3.8, 4) is 0 Å². The fourth-order valence-corrected chi connectivity index (χ4v) is 1.41. The zero-order valence-electron chi connectivity index (χ0n) is 6.24. The van der Waals surface area contributed by atoms with Gasteiger partial charge in [-0.2, -0.15) is 0 Å². The number of aryl methyl sites for hydroxylation is 1. The van der Waals surface area contributed by atoms with Gasteiger partial charge in [-0.1, -0.05) is 0 Å². The molecule has 0 unspecified atom stereocenters. The van der Waals surface area contributed by atoms with E-state index >= 15 is 0 Å². The third kappa shape index (κ3) is 1.04. The van der Waals surface area contributed by atoms with Crippen LogP contribution in [0.1, 0.15) is 0 Å². The Kier molecular flexibility index (Phi) is 1.67. The van der Waals surface area contributed by atoms with E-state index in [4.69, 9.17) is 4.42 Å². The number of fused-ring (bicyclic) bond motifs is 1. The fourth-order valence-electron chi connectivity index (χ4n) is 0.989. The largest absolute Gasteiger partial charge is 0.420 e. The van der Waals surface area contributed by atoms with E-state index < -0.39 is 0 Å². The quantitative estimate of drug-likeness (QED) is 0.678. The molecule has 4 nitrogen and oxygen atoms in total. The predicted molar refractivity (Wildman–Crippen MR) is 52.0 cm³/mol. The monoisotopic (exact) mass is 276 g/mol. The second-order valence-electron chi connectivity index (χ2n) is 2.40. The Bertz CT molecular complexity index is 486. The highest BCUT2D eigenvalue weighted by molar-refractivity contribution is 14.1. The zero-order chi connectivity index (χ0) is 8.72. The molecule has 0 fully saturated rings. The Hall–Kier alpha value is -0.850. The molecule has 0 bridgehead atoms. The van der Waals surface area contributed by atoms with Gasteiger partial charge in [0.15, 0.2) is 11.2 Å².